The van der Waals surface area contributed by atoms with Gasteiger partial charge in [0.25, 0.3) is 0 Å². The fourth-order valence-electron chi connectivity index (χ4n) is 1.67. The average molecular weight is 303 g/mol. The summed E-state index contributed by atoms with van der Waals surface area (Å²) in [5.41, 5.74) is -0.0607. The zero-order valence-electron chi connectivity index (χ0n) is 11.5. The molecule has 0 fully saturated rings. The van der Waals surface area contributed by atoms with Gasteiger partial charge in [-0.2, -0.15) is 10.2 Å². The minimum absolute atomic E-state index is 0.332. The molecule has 0 aliphatic rings. The quantitative estimate of drug-likeness (QED) is 0.787. The van der Waals surface area contributed by atoms with E-state index in [1.807, 2.05) is 18.2 Å². The van der Waals surface area contributed by atoms with Crippen LogP contribution in [-0.4, -0.2) is 13.9 Å². The Morgan fingerprint density at radius 2 is 1.57 bits per heavy atom. The molecule has 2 aromatic rings. The van der Waals surface area contributed by atoms with Crippen LogP contribution in [0.5, 0.6) is 0 Å². The second-order valence-electron chi connectivity index (χ2n) is 4.54. The molecule has 21 heavy (non-hydrogen) atoms. The highest BCUT2D eigenvalue weighted by molar-refractivity contribution is 7.91. The number of benzene rings is 2. The minimum Gasteiger partial charge on any atom is -0.226 e. The standard InChI is InChI=1S/C15H15N2O3S/c1-12(18)21(19,20)11-13-7-5-6-10-15(13)17-16-14-8-3-2-4-9-14/h2-10,12H,11H2,1H3/b17-16+. The molecule has 2 aromatic carbocycles. The summed E-state index contributed by atoms with van der Waals surface area (Å²) < 4.78 is 23.5. The molecule has 0 heterocycles. The van der Waals surface area contributed by atoms with Gasteiger partial charge in [-0.05, 0) is 30.7 Å². The van der Waals surface area contributed by atoms with Crippen LogP contribution in [0, 0.1) is 0 Å². The SMILES string of the molecule is CC([O])S(=O)(=O)Cc1ccccc1/N=N/c1ccccc1. The lowest BCUT2D eigenvalue weighted by Crippen LogP contribution is -2.17. The van der Waals surface area contributed by atoms with Gasteiger partial charge in [0.1, 0.15) is 0 Å². The first kappa shape index (κ1) is 15.3. The van der Waals surface area contributed by atoms with Crippen LogP contribution in [0.3, 0.4) is 0 Å². The highest BCUT2D eigenvalue weighted by Gasteiger charge is 2.21. The molecule has 0 aromatic heterocycles. The highest BCUT2D eigenvalue weighted by atomic mass is 32.2. The number of hydrogen-bond donors (Lipinski definition) is 0. The average Bonchev–Trinajstić information content (AvgIpc) is 2.47. The maximum Gasteiger partial charge on any atom is 0.191 e. The van der Waals surface area contributed by atoms with E-state index in [4.69, 9.17) is 0 Å². The fraction of sp³-hybridized carbons (Fsp3) is 0.200. The molecule has 5 nitrogen and oxygen atoms in total. The number of azo groups is 1. The van der Waals surface area contributed by atoms with Crippen LogP contribution in [0.1, 0.15) is 12.5 Å². The number of nitrogens with zero attached hydrogens (tertiary/aromatic N) is 2. The van der Waals surface area contributed by atoms with Crippen molar-refractivity contribution < 1.29 is 13.5 Å². The van der Waals surface area contributed by atoms with Gasteiger partial charge in [-0.25, -0.2) is 13.5 Å². The lowest BCUT2D eigenvalue weighted by molar-refractivity contribution is 0.170. The third kappa shape index (κ3) is 4.21. The van der Waals surface area contributed by atoms with Crippen molar-refractivity contribution in [1.82, 2.24) is 0 Å². The first-order valence-corrected chi connectivity index (χ1v) is 8.12. The van der Waals surface area contributed by atoms with Gasteiger partial charge < -0.3 is 0 Å². The van der Waals surface area contributed by atoms with Gasteiger partial charge in [0.15, 0.2) is 15.3 Å². The molecule has 0 spiro atoms. The highest BCUT2D eigenvalue weighted by Crippen LogP contribution is 2.24. The van der Waals surface area contributed by atoms with Crippen LogP contribution in [0.15, 0.2) is 64.8 Å². The van der Waals surface area contributed by atoms with Crippen molar-refractivity contribution in [3.05, 3.63) is 60.2 Å². The zero-order valence-corrected chi connectivity index (χ0v) is 12.3. The van der Waals surface area contributed by atoms with E-state index in [2.05, 4.69) is 10.2 Å². The molecule has 0 N–H and O–H groups in total. The number of sulfone groups is 1. The van der Waals surface area contributed by atoms with Gasteiger partial charge in [-0.3, -0.25) is 0 Å². The lowest BCUT2D eigenvalue weighted by atomic mass is 10.2. The molecular formula is C15H15N2O3S. The van der Waals surface area contributed by atoms with Crippen molar-refractivity contribution in [2.24, 2.45) is 10.2 Å². The maximum atomic E-state index is 11.7. The van der Waals surface area contributed by atoms with E-state index in [0.717, 1.165) is 6.92 Å². The van der Waals surface area contributed by atoms with Crippen molar-refractivity contribution in [1.29, 1.82) is 0 Å². The third-order valence-corrected chi connectivity index (χ3v) is 4.61. The molecule has 1 unspecified atom stereocenters. The monoisotopic (exact) mass is 303 g/mol. The molecule has 1 radical (unpaired) electrons. The summed E-state index contributed by atoms with van der Waals surface area (Å²) in [6.07, 6.45) is 0. The minimum atomic E-state index is -3.71. The van der Waals surface area contributed by atoms with Crippen LogP contribution in [0.25, 0.3) is 0 Å². The molecule has 1 atom stereocenters. The van der Waals surface area contributed by atoms with Crippen molar-refractivity contribution in [3.8, 4) is 0 Å². The Labute approximate surface area is 123 Å². The number of rotatable bonds is 5. The molecule has 109 valence electrons. The van der Waals surface area contributed by atoms with Crippen LogP contribution < -0.4 is 0 Å². The predicted octanol–water partition coefficient (Wildman–Crippen LogP) is 3.79. The first-order valence-electron chi connectivity index (χ1n) is 6.41. The Morgan fingerprint density at radius 3 is 2.24 bits per heavy atom. The largest absolute Gasteiger partial charge is 0.226 e. The van der Waals surface area contributed by atoms with Crippen molar-refractivity contribution in [2.75, 3.05) is 0 Å². The predicted molar refractivity (Wildman–Crippen MR) is 79.8 cm³/mol. The molecule has 0 bridgehead atoms. The topological polar surface area (TPSA) is 78.8 Å². The first-order chi connectivity index (χ1) is 9.99. The summed E-state index contributed by atoms with van der Waals surface area (Å²) in [6.45, 7) is 1.13. The second kappa shape index (κ2) is 6.60. The fourth-order valence-corrected chi connectivity index (χ4v) is 2.58. The van der Waals surface area contributed by atoms with Gasteiger partial charge in [-0.15, -0.1) is 0 Å². The van der Waals surface area contributed by atoms with Gasteiger partial charge in [-0.1, -0.05) is 36.4 Å². The summed E-state index contributed by atoms with van der Waals surface area (Å²) >= 11 is 0. The van der Waals surface area contributed by atoms with E-state index in [1.54, 1.807) is 36.4 Å². The van der Waals surface area contributed by atoms with E-state index in [-0.39, 0.29) is 5.75 Å². The van der Waals surface area contributed by atoms with E-state index in [9.17, 15) is 13.5 Å². The molecule has 2 rings (SSSR count). The molecule has 6 heteroatoms. The van der Waals surface area contributed by atoms with Gasteiger partial charge in [0.05, 0.1) is 17.1 Å². The van der Waals surface area contributed by atoms with Crippen molar-refractivity contribution in [3.63, 3.8) is 0 Å². The maximum absolute atomic E-state index is 11.7. The van der Waals surface area contributed by atoms with Gasteiger partial charge in [0.2, 0.25) is 0 Å². The Kier molecular flexibility index (Phi) is 4.82. The zero-order chi connectivity index (χ0) is 15.3. The van der Waals surface area contributed by atoms with Crippen LogP contribution in [0.4, 0.5) is 11.4 Å². The molecule has 0 saturated heterocycles. The molecule has 0 aliphatic carbocycles. The Balaban J connectivity index is 2.28. The summed E-state index contributed by atoms with van der Waals surface area (Å²) in [7, 11) is -3.71. The Bertz CT molecular complexity index is 726. The third-order valence-electron chi connectivity index (χ3n) is 2.88. The second-order valence-corrected chi connectivity index (χ2v) is 6.82. The summed E-state index contributed by atoms with van der Waals surface area (Å²) in [4.78, 5) is 0. The van der Waals surface area contributed by atoms with Crippen LogP contribution in [0.2, 0.25) is 0 Å². The normalized spacial score (nSPS) is 13.4. The summed E-state index contributed by atoms with van der Waals surface area (Å²) in [5.74, 6) is -0.332. The number of hydrogen-bond acceptors (Lipinski definition) is 4. The molecule has 0 aliphatic heterocycles. The summed E-state index contributed by atoms with van der Waals surface area (Å²) in [6, 6.07) is 15.9. The van der Waals surface area contributed by atoms with Crippen molar-refractivity contribution >= 4 is 21.2 Å². The van der Waals surface area contributed by atoms with E-state index in [1.165, 1.54) is 0 Å². The van der Waals surface area contributed by atoms with Gasteiger partial charge >= 0.3 is 0 Å². The summed E-state index contributed by atoms with van der Waals surface area (Å²) in [5, 5.41) is 19.3. The van der Waals surface area contributed by atoms with Crippen LogP contribution in [-0.2, 0) is 20.7 Å². The van der Waals surface area contributed by atoms with Crippen molar-refractivity contribution in [2.45, 2.75) is 18.1 Å². The van der Waals surface area contributed by atoms with E-state index < -0.39 is 15.3 Å². The molecule has 0 saturated carbocycles. The lowest BCUT2D eigenvalue weighted by Gasteiger charge is -2.07. The molecular weight excluding hydrogens is 288 g/mol. The Hall–Kier alpha value is -2.05. The van der Waals surface area contributed by atoms with Crippen LogP contribution >= 0.6 is 0 Å². The van der Waals surface area contributed by atoms with E-state index in [0.29, 0.717) is 16.9 Å². The molecule has 0 amide bonds. The Morgan fingerprint density at radius 1 is 0.952 bits per heavy atom. The smallest absolute Gasteiger partial charge is 0.191 e. The van der Waals surface area contributed by atoms with Gasteiger partial charge in [0, 0.05) is 0 Å². The van der Waals surface area contributed by atoms with E-state index >= 15 is 0 Å².